The van der Waals surface area contributed by atoms with Crippen LogP contribution in [0.25, 0.3) is 0 Å². The Labute approximate surface area is 103 Å². The third-order valence-electron chi connectivity index (χ3n) is 3.99. The van der Waals surface area contributed by atoms with E-state index in [0.29, 0.717) is 12.2 Å². The Hall–Kier alpha value is -1.15. The monoisotopic (exact) mass is 232 g/mol. The van der Waals surface area contributed by atoms with E-state index in [-0.39, 0.29) is 5.92 Å². The fourth-order valence-corrected chi connectivity index (χ4v) is 2.80. The van der Waals surface area contributed by atoms with E-state index in [1.165, 1.54) is 0 Å². The highest BCUT2D eigenvalue weighted by molar-refractivity contribution is 5.83. The van der Waals surface area contributed by atoms with Gasteiger partial charge in [0.2, 0.25) is 0 Å². The van der Waals surface area contributed by atoms with Crippen molar-refractivity contribution >= 4 is 5.78 Å². The van der Waals surface area contributed by atoms with Crippen molar-refractivity contribution < 1.29 is 9.53 Å². The number of hydrogen-bond acceptors (Lipinski definition) is 2. The Bertz CT molecular complexity index is 385. The van der Waals surface area contributed by atoms with Crippen LogP contribution in [0.2, 0.25) is 0 Å². The van der Waals surface area contributed by atoms with Crippen molar-refractivity contribution in [1.29, 1.82) is 0 Å². The zero-order valence-corrected chi connectivity index (χ0v) is 10.6. The zero-order chi connectivity index (χ0) is 12.3. The van der Waals surface area contributed by atoms with Gasteiger partial charge in [0.05, 0.1) is 11.5 Å². The average molecular weight is 232 g/mol. The van der Waals surface area contributed by atoms with Crippen LogP contribution in [-0.4, -0.2) is 12.9 Å². The maximum absolute atomic E-state index is 12.1. The van der Waals surface area contributed by atoms with Crippen molar-refractivity contribution in [3.63, 3.8) is 0 Å². The van der Waals surface area contributed by atoms with Gasteiger partial charge in [-0.25, -0.2) is 0 Å². The molecule has 2 atom stereocenters. The van der Waals surface area contributed by atoms with Gasteiger partial charge in [0.1, 0.15) is 5.78 Å². The van der Waals surface area contributed by atoms with E-state index in [1.807, 2.05) is 37.3 Å². The van der Waals surface area contributed by atoms with Gasteiger partial charge in [0, 0.05) is 13.5 Å². The fourth-order valence-electron chi connectivity index (χ4n) is 2.80. The molecule has 1 aromatic carbocycles. The molecule has 0 spiro atoms. The van der Waals surface area contributed by atoms with Crippen molar-refractivity contribution in [2.75, 3.05) is 7.11 Å². The molecule has 92 valence electrons. The molecule has 0 aliphatic heterocycles. The van der Waals surface area contributed by atoms with Crippen molar-refractivity contribution in [3.8, 4) is 0 Å². The Morgan fingerprint density at radius 1 is 1.24 bits per heavy atom. The Balaban J connectivity index is 2.33. The number of carbonyl (C=O) groups is 1. The first-order chi connectivity index (χ1) is 8.18. The summed E-state index contributed by atoms with van der Waals surface area (Å²) in [5, 5.41) is 0. The van der Waals surface area contributed by atoms with Gasteiger partial charge >= 0.3 is 0 Å². The van der Waals surface area contributed by atoms with E-state index < -0.39 is 5.60 Å². The zero-order valence-electron chi connectivity index (χ0n) is 10.6. The van der Waals surface area contributed by atoms with Gasteiger partial charge in [-0.3, -0.25) is 4.79 Å². The van der Waals surface area contributed by atoms with Crippen LogP contribution in [0.5, 0.6) is 0 Å². The molecule has 17 heavy (non-hydrogen) atoms. The molecular weight excluding hydrogens is 212 g/mol. The number of methoxy groups -OCH3 is 1. The molecule has 2 rings (SSSR count). The molecule has 0 bridgehead atoms. The summed E-state index contributed by atoms with van der Waals surface area (Å²) in [5.41, 5.74) is 0.626. The second kappa shape index (κ2) is 5.01. The van der Waals surface area contributed by atoms with Crippen LogP contribution in [0.15, 0.2) is 30.3 Å². The number of rotatable bonds is 3. The van der Waals surface area contributed by atoms with Crippen LogP contribution in [0.1, 0.15) is 38.2 Å². The maximum Gasteiger partial charge on any atom is 0.139 e. The van der Waals surface area contributed by atoms with Gasteiger partial charge in [-0.15, -0.1) is 0 Å². The minimum atomic E-state index is -0.473. The maximum atomic E-state index is 12.1. The third kappa shape index (κ3) is 2.27. The molecule has 1 aromatic rings. The highest BCUT2D eigenvalue weighted by Gasteiger charge is 2.41. The molecule has 0 heterocycles. The van der Waals surface area contributed by atoms with Gasteiger partial charge in [-0.2, -0.15) is 0 Å². The van der Waals surface area contributed by atoms with E-state index in [4.69, 9.17) is 4.74 Å². The molecule has 0 radical (unpaired) electrons. The number of carbonyl (C=O) groups excluding carboxylic acids is 1. The van der Waals surface area contributed by atoms with Crippen LogP contribution >= 0.6 is 0 Å². The van der Waals surface area contributed by atoms with Crippen LogP contribution in [0.4, 0.5) is 0 Å². The van der Waals surface area contributed by atoms with Crippen molar-refractivity contribution in [1.82, 2.24) is 0 Å². The lowest BCUT2D eigenvalue weighted by atomic mass is 9.73. The van der Waals surface area contributed by atoms with E-state index in [9.17, 15) is 4.79 Å². The second-order valence-corrected chi connectivity index (χ2v) is 4.94. The first-order valence-corrected chi connectivity index (χ1v) is 6.32. The molecule has 2 nitrogen and oxygen atoms in total. The molecule has 2 unspecified atom stereocenters. The highest BCUT2D eigenvalue weighted by Crippen LogP contribution is 2.39. The van der Waals surface area contributed by atoms with Crippen molar-refractivity contribution in [2.45, 2.75) is 38.2 Å². The second-order valence-electron chi connectivity index (χ2n) is 4.94. The standard InChI is InChI=1S/C15H20O2/c1-15(17-2,12-8-4-3-5-9-12)13-10-6-7-11-14(13)16/h3-5,8-9,13H,6-7,10-11H2,1-2H3. The quantitative estimate of drug-likeness (QED) is 0.799. The van der Waals surface area contributed by atoms with Crippen molar-refractivity contribution in [2.24, 2.45) is 5.92 Å². The molecule has 0 saturated heterocycles. The predicted molar refractivity (Wildman–Crippen MR) is 67.8 cm³/mol. The first kappa shape index (κ1) is 12.3. The summed E-state index contributed by atoms with van der Waals surface area (Å²) in [7, 11) is 1.70. The third-order valence-corrected chi connectivity index (χ3v) is 3.99. The highest BCUT2D eigenvalue weighted by atomic mass is 16.5. The van der Waals surface area contributed by atoms with Crippen molar-refractivity contribution in [3.05, 3.63) is 35.9 Å². The molecular formula is C15H20O2. The summed E-state index contributed by atoms with van der Waals surface area (Å²) in [6, 6.07) is 10.1. The molecule has 1 saturated carbocycles. The molecule has 0 amide bonds. The van der Waals surface area contributed by atoms with Crippen LogP contribution in [0.3, 0.4) is 0 Å². The lowest BCUT2D eigenvalue weighted by molar-refractivity contribution is -0.138. The van der Waals surface area contributed by atoms with Gasteiger partial charge in [-0.1, -0.05) is 36.8 Å². The van der Waals surface area contributed by atoms with Crippen LogP contribution in [-0.2, 0) is 15.1 Å². The number of Topliss-reactive ketones (excluding diaryl/α,β-unsaturated/α-hetero) is 1. The smallest absolute Gasteiger partial charge is 0.139 e. The topological polar surface area (TPSA) is 26.3 Å². The lowest BCUT2D eigenvalue weighted by Crippen LogP contribution is -2.40. The first-order valence-electron chi connectivity index (χ1n) is 6.32. The van der Waals surface area contributed by atoms with Gasteiger partial charge in [0.15, 0.2) is 0 Å². The van der Waals surface area contributed by atoms with Crippen LogP contribution in [0, 0.1) is 5.92 Å². The largest absolute Gasteiger partial charge is 0.373 e. The predicted octanol–water partition coefficient (Wildman–Crippen LogP) is 3.31. The molecule has 1 aliphatic rings. The van der Waals surface area contributed by atoms with E-state index in [1.54, 1.807) is 7.11 Å². The normalized spacial score (nSPS) is 24.4. The SMILES string of the molecule is COC(C)(c1ccccc1)C1CCCCC1=O. The minimum absolute atomic E-state index is 0.00338. The summed E-state index contributed by atoms with van der Waals surface area (Å²) in [5.74, 6) is 0.355. The molecule has 0 N–H and O–H groups in total. The summed E-state index contributed by atoms with van der Waals surface area (Å²) >= 11 is 0. The number of benzene rings is 1. The van der Waals surface area contributed by atoms with E-state index >= 15 is 0 Å². The molecule has 2 heteroatoms. The fraction of sp³-hybridized carbons (Fsp3) is 0.533. The number of ether oxygens (including phenoxy) is 1. The number of hydrogen-bond donors (Lipinski definition) is 0. The van der Waals surface area contributed by atoms with Gasteiger partial charge in [-0.05, 0) is 25.3 Å². The number of ketones is 1. The Morgan fingerprint density at radius 3 is 2.53 bits per heavy atom. The minimum Gasteiger partial charge on any atom is -0.373 e. The Kier molecular flexibility index (Phi) is 3.63. The summed E-state index contributed by atoms with van der Waals surface area (Å²) in [4.78, 5) is 12.1. The summed E-state index contributed by atoms with van der Waals surface area (Å²) < 4.78 is 5.71. The Morgan fingerprint density at radius 2 is 1.94 bits per heavy atom. The molecule has 0 aromatic heterocycles. The van der Waals surface area contributed by atoms with Crippen LogP contribution < -0.4 is 0 Å². The van der Waals surface area contributed by atoms with Gasteiger partial charge in [0.25, 0.3) is 0 Å². The van der Waals surface area contributed by atoms with E-state index in [2.05, 4.69) is 0 Å². The average Bonchev–Trinajstić information content (AvgIpc) is 2.39. The molecule has 1 fully saturated rings. The summed E-state index contributed by atoms with van der Waals surface area (Å²) in [6.45, 7) is 2.04. The van der Waals surface area contributed by atoms with Gasteiger partial charge < -0.3 is 4.74 Å². The van der Waals surface area contributed by atoms with E-state index in [0.717, 1.165) is 24.8 Å². The molecule has 1 aliphatic carbocycles. The summed E-state index contributed by atoms with van der Waals surface area (Å²) in [6.07, 6.45) is 3.81. The lowest BCUT2D eigenvalue weighted by Gasteiger charge is -2.38.